The largest absolute Gasteiger partial charge is 0.490 e. The fraction of sp³-hybridized carbons (Fsp3) is 0.391. The average Bonchev–Trinajstić information content (AvgIpc) is 3.58. The third-order valence-corrected chi connectivity index (χ3v) is 5.91. The summed E-state index contributed by atoms with van der Waals surface area (Å²) in [6, 6.07) is 2.10. The number of halogens is 3. The zero-order chi connectivity index (χ0) is 28.3. The van der Waals surface area contributed by atoms with Crippen LogP contribution in [0.15, 0.2) is 35.3 Å². The quantitative estimate of drug-likeness (QED) is 0.289. The van der Waals surface area contributed by atoms with Gasteiger partial charge in [-0.25, -0.2) is 19.3 Å². The number of carbonyl (C=O) groups is 2. The fourth-order valence-electron chi connectivity index (χ4n) is 4.03. The second-order valence-corrected chi connectivity index (χ2v) is 8.94. The van der Waals surface area contributed by atoms with Crippen molar-refractivity contribution in [3.05, 3.63) is 42.2 Å². The van der Waals surface area contributed by atoms with Crippen LogP contribution in [0.2, 0.25) is 0 Å². The number of hydrogen-bond acceptors (Lipinski definition) is 9. The molecule has 5 rings (SSSR count). The summed E-state index contributed by atoms with van der Waals surface area (Å²) < 4.78 is 40.5. The van der Waals surface area contributed by atoms with Gasteiger partial charge in [0.25, 0.3) is 5.91 Å². The van der Waals surface area contributed by atoms with E-state index < -0.39 is 12.1 Å². The predicted octanol–water partition coefficient (Wildman–Crippen LogP) is 2.99. The molecule has 1 saturated carbocycles. The number of rotatable bonds is 5. The zero-order valence-electron chi connectivity index (χ0n) is 20.9. The van der Waals surface area contributed by atoms with Crippen molar-refractivity contribution in [1.82, 2.24) is 29.4 Å². The molecule has 4 heterocycles. The van der Waals surface area contributed by atoms with Gasteiger partial charge in [0.15, 0.2) is 11.3 Å². The fourth-order valence-corrected chi connectivity index (χ4v) is 4.03. The van der Waals surface area contributed by atoms with E-state index >= 15 is 0 Å². The number of fused-ring (bicyclic) bond motifs is 1. The van der Waals surface area contributed by atoms with E-state index in [-0.39, 0.29) is 18.0 Å². The molecular weight excluding hydrogens is 523 g/mol. The van der Waals surface area contributed by atoms with Gasteiger partial charge in [-0.3, -0.25) is 9.48 Å². The van der Waals surface area contributed by atoms with E-state index in [4.69, 9.17) is 20.1 Å². The lowest BCUT2D eigenvalue weighted by atomic mass is 9.91. The van der Waals surface area contributed by atoms with Gasteiger partial charge in [-0.05, 0) is 25.8 Å². The van der Waals surface area contributed by atoms with Gasteiger partial charge in [0.2, 0.25) is 5.89 Å². The molecule has 39 heavy (non-hydrogen) atoms. The lowest BCUT2D eigenvalue weighted by Gasteiger charge is -2.29. The van der Waals surface area contributed by atoms with Crippen LogP contribution >= 0.6 is 0 Å². The maximum Gasteiger partial charge on any atom is 0.490 e. The summed E-state index contributed by atoms with van der Waals surface area (Å²) in [6.07, 6.45) is 5.80. The van der Waals surface area contributed by atoms with E-state index in [1.54, 1.807) is 41.8 Å². The average molecular weight is 550 g/mol. The summed E-state index contributed by atoms with van der Waals surface area (Å²) in [5.74, 6) is -1.44. The monoisotopic (exact) mass is 549 g/mol. The molecule has 5 N–H and O–H groups in total. The number of carboxylic acids is 1. The number of nitrogens with zero attached hydrogens (tertiary/aromatic N) is 6. The molecule has 2 atom stereocenters. The van der Waals surface area contributed by atoms with Crippen LogP contribution in [0.1, 0.15) is 41.8 Å². The topological polar surface area (TPSA) is 178 Å². The summed E-state index contributed by atoms with van der Waals surface area (Å²) in [4.78, 5) is 30.9. The Morgan fingerprint density at radius 3 is 2.59 bits per heavy atom. The number of aromatic nitrogens is 6. The minimum Gasteiger partial charge on any atom is -0.475 e. The lowest BCUT2D eigenvalue weighted by molar-refractivity contribution is -0.192. The third kappa shape index (κ3) is 6.51. The van der Waals surface area contributed by atoms with Crippen molar-refractivity contribution in [3.8, 4) is 11.6 Å². The predicted molar refractivity (Wildman–Crippen MR) is 132 cm³/mol. The van der Waals surface area contributed by atoms with Crippen LogP contribution in [0, 0.1) is 6.92 Å². The van der Waals surface area contributed by atoms with Crippen molar-refractivity contribution in [2.24, 2.45) is 12.8 Å². The number of hydrogen-bond donors (Lipinski definition) is 4. The van der Waals surface area contributed by atoms with Gasteiger partial charge in [-0.15, -0.1) is 0 Å². The number of anilines is 2. The minimum atomic E-state index is -5.08. The van der Waals surface area contributed by atoms with E-state index in [9.17, 15) is 18.0 Å². The zero-order valence-corrected chi connectivity index (χ0v) is 20.9. The summed E-state index contributed by atoms with van der Waals surface area (Å²) in [5, 5.41) is 22.1. The highest BCUT2D eigenvalue weighted by Gasteiger charge is 2.38. The van der Waals surface area contributed by atoms with Gasteiger partial charge in [0.05, 0.1) is 18.1 Å². The van der Waals surface area contributed by atoms with Crippen LogP contribution in [0.3, 0.4) is 0 Å². The van der Waals surface area contributed by atoms with E-state index in [1.807, 2.05) is 6.07 Å². The Hall–Kier alpha value is -4.47. The van der Waals surface area contributed by atoms with Gasteiger partial charge in [0, 0.05) is 31.5 Å². The van der Waals surface area contributed by atoms with Crippen LogP contribution in [-0.4, -0.2) is 64.6 Å². The van der Waals surface area contributed by atoms with Crippen molar-refractivity contribution in [3.63, 3.8) is 0 Å². The number of nitrogens with one attached hydrogen (secondary N) is 2. The molecule has 16 heteroatoms. The minimum absolute atomic E-state index is 0.0947. The molecule has 0 saturated heterocycles. The summed E-state index contributed by atoms with van der Waals surface area (Å²) in [5.41, 5.74) is 7.99. The Labute approximate surface area is 219 Å². The highest BCUT2D eigenvalue weighted by atomic mass is 19.4. The van der Waals surface area contributed by atoms with Gasteiger partial charge < -0.3 is 25.9 Å². The van der Waals surface area contributed by atoms with Gasteiger partial charge in [-0.2, -0.15) is 23.4 Å². The van der Waals surface area contributed by atoms with Gasteiger partial charge in [0.1, 0.15) is 17.1 Å². The number of nitrogens with two attached hydrogens (primary N) is 1. The van der Waals surface area contributed by atoms with Crippen LogP contribution < -0.4 is 16.4 Å². The van der Waals surface area contributed by atoms with Crippen molar-refractivity contribution in [1.29, 1.82) is 0 Å². The molecule has 4 aromatic heterocycles. The second kappa shape index (κ2) is 11.1. The molecule has 0 radical (unpaired) electrons. The van der Waals surface area contributed by atoms with Crippen molar-refractivity contribution in [2.75, 3.05) is 10.6 Å². The number of aliphatic carboxylic acids is 1. The molecule has 13 nitrogen and oxygen atoms in total. The van der Waals surface area contributed by atoms with Crippen LogP contribution in [-0.2, 0) is 11.8 Å². The number of amides is 1. The second-order valence-electron chi connectivity index (χ2n) is 8.94. The standard InChI is InChI=1S/C21H25N9O2.C2HF3O2/c1-12-9-23-21(32-12)18-16(11-29(2)28-18)26-20(31)13-10-24-30-8-7-17(27-19(13)30)25-15-6-4-3-5-14(15)22;3-2(4,5)1(6)7/h7-11,14-15H,3-6,22H2,1-2H3,(H,25,27)(H,26,31);(H,6,7)/t14-,15+;/m0./s1. The Morgan fingerprint density at radius 1 is 1.23 bits per heavy atom. The van der Waals surface area contributed by atoms with Gasteiger partial charge >= 0.3 is 12.1 Å². The maximum atomic E-state index is 13.1. The number of aryl methyl sites for hydroxylation is 2. The van der Waals surface area contributed by atoms with E-state index in [0.29, 0.717) is 40.1 Å². The molecule has 0 spiro atoms. The molecule has 0 aromatic carbocycles. The first kappa shape index (κ1) is 27.6. The number of carbonyl (C=O) groups excluding carboxylic acids is 1. The molecule has 208 valence electrons. The molecule has 0 aliphatic heterocycles. The molecule has 1 aliphatic rings. The van der Waals surface area contributed by atoms with Crippen molar-refractivity contribution >= 4 is 29.0 Å². The van der Waals surface area contributed by atoms with Crippen molar-refractivity contribution < 1.29 is 32.3 Å². The molecular formula is C23H26F3N9O4. The van der Waals surface area contributed by atoms with E-state index in [0.717, 1.165) is 25.7 Å². The first-order valence-electron chi connectivity index (χ1n) is 11.9. The molecule has 0 unspecified atom stereocenters. The number of oxazole rings is 1. The van der Waals surface area contributed by atoms with Crippen LogP contribution in [0.25, 0.3) is 17.2 Å². The summed E-state index contributed by atoms with van der Waals surface area (Å²) >= 11 is 0. The number of carboxylic acid groups (broad SMARTS) is 1. The molecule has 1 fully saturated rings. The van der Waals surface area contributed by atoms with Crippen LogP contribution in [0.5, 0.6) is 0 Å². The first-order valence-corrected chi connectivity index (χ1v) is 11.9. The van der Waals surface area contributed by atoms with Crippen molar-refractivity contribution in [2.45, 2.75) is 50.9 Å². The first-order chi connectivity index (χ1) is 18.4. The Morgan fingerprint density at radius 2 is 1.95 bits per heavy atom. The Balaban J connectivity index is 0.000000448. The molecule has 1 amide bonds. The van der Waals surface area contributed by atoms with E-state index in [2.05, 4.69) is 30.8 Å². The highest BCUT2D eigenvalue weighted by Crippen LogP contribution is 2.27. The van der Waals surface area contributed by atoms with E-state index in [1.165, 1.54) is 6.20 Å². The molecule has 0 bridgehead atoms. The third-order valence-electron chi connectivity index (χ3n) is 5.91. The highest BCUT2D eigenvalue weighted by molar-refractivity contribution is 6.09. The summed E-state index contributed by atoms with van der Waals surface area (Å²) in [6.45, 7) is 1.80. The molecule has 1 aliphatic carbocycles. The normalized spacial score (nSPS) is 17.4. The number of alkyl halides is 3. The summed E-state index contributed by atoms with van der Waals surface area (Å²) in [7, 11) is 1.76. The Bertz CT molecular complexity index is 1480. The van der Waals surface area contributed by atoms with Gasteiger partial charge in [-0.1, -0.05) is 12.8 Å². The maximum absolute atomic E-state index is 13.1. The molecule has 4 aromatic rings. The lowest BCUT2D eigenvalue weighted by Crippen LogP contribution is -2.42. The van der Waals surface area contributed by atoms with Crippen LogP contribution in [0.4, 0.5) is 24.7 Å². The SMILES string of the molecule is Cc1cnc(-c2nn(C)cc2NC(=O)c2cnn3ccc(N[C@@H]4CCCC[C@@H]4N)nc23)o1.O=C(O)C(F)(F)F. The Kier molecular flexibility index (Phi) is 7.85. The smallest absolute Gasteiger partial charge is 0.475 e.